The Hall–Kier alpha value is -5.28. The van der Waals surface area contributed by atoms with Crippen LogP contribution < -0.4 is 23.3 Å². The summed E-state index contributed by atoms with van der Waals surface area (Å²) in [5.41, 5.74) is 10.6. The van der Waals surface area contributed by atoms with Gasteiger partial charge in [0.1, 0.15) is 30.5 Å². The third-order valence-electron chi connectivity index (χ3n) is 11.7. The fourth-order valence-corrected chi connectivity index (χ4v) is 9.64. The molecule has 7 nitrogen and oxygen atoms in total. The molecule has 4 aromatic rings. The molecule has 8 rings (SSSR count). The van der Waals surface area contributed by atoms with E-state index in [1.54, 1.807) is 11.3 Å². The molecule has 1 aromatic heterocycles. The van der Waals surface area contributed by atoms with Crippen LogP contribution in [0.4, 0.5) is 0 Å². The van der Waals surface area contributed by atoms with Crippen molar-refractivity contribution in [2.45, 2.75) is 74.1 Å². The summed E-state index contributed by atoms with van der Waals surface area (Å²) >= 11 is 1.69. The van der Waals surface area contributed by atoms with Crippen LogP contribution in [0, 0.1) is 10.8 Å². The van der Waals surface area contributed by atoms with Gasteiger partial charge in [0.05, 0.1) is 33.0 Å². The Balaban J connectivity index is 1.35. The Labute approximate surface area is 370 Å². The van der Waals surface area contributed by atoms with Crippen molar-refractivity contribution in [2.75, 3.05) is 46.2 Å². The Morgan fingerprint density at radius 2 is 0.984 bits per heavy atom. The molecule has 4 aliphatic rings. The molecule has 3 aromatic carbocycles. The zero-order valence-corrected chi connectivity index (χ0v) is 38.0. The van der Waals surface area contributed by atoms with E-state index in [1.165, 1.54) is 0 Å². The molecule has 0 saturated carbocycles. The lowest BCUT2D eigenvalue weighted by Crippen LogP contribution is -2.28. The van der Waals surface area contributed by atoms with Gasteiger partial charge in [-0.15, -0.1) is 11.3 Å². The molecule has 1 aliphatic heterocycles. The SMILES string of the molecule is CCOc1cc2cc(c1)Cc1cccc3c1OCCOCCOCCOc1c(cccc1C2)CC1=CC(=c2ccc(=C4C=C(C(C)(C)C)C(=O)C(C(C)(C)C)=C4)s2)C=C(C3)C1=O. The van der Waals surface area contributed by atoms with Gasteiger partial charge < -0.3 is 23.7 Å². The number of rotatable bonds is 2. The number of fused-ring (bicyclic) bond motifs is 2. The Morgan fingerprint density at radius 1 is 0.548 bits per heavy atom. The number of Topliss-reactive ketones (excluding diaryl/α,β-unsaturated/α-hetero) is 2. The minimum Gasteiger partial charge on any atom is -0.494 e. The molecule has 62 heavy (non-hydrogen) atoms. The van der Waals surface area contributed by atoms with E-state index in [1.807, 2.05) is 6.92 Å². The van der Waals surface area contributed by atoms with Gasteiger partial charge in [0.25, 0.3) is 0 Å². The van der Waals surface area contributed by atoms with Crippen LogP contribution in [0.25, 0.3) is 11.1 Å². The molecular formula is C54H58O7S. The molecule has 0 unspecified atom stereocenters. The molecule has 322 valence electrons. The van der Waals surface area contributed by atoms with E-state index in [4.69, 9.17) is 23.7 Å². The summed E-state index contributed by atoms with van der Waals surface area (Å²) < 4.78 is 33.4. The minimum absolute atomic E-state index is 0.0113. The van der Waals surface area contributed by atoms with Crippen molar-refractivity contribution in [3.63, 3.8) is 0 Å². The smallest absolute Gasteiger partial charge is 0.186 e. The van der Waals surface area contributed by atoms with Gasteiger partial charge in [-0.1, -0.05) is 84.0 Å². The first-order valence-electron chi connectivity index (χ1n) is 21.9. The normalized spacial score (nSPS) is 17.9. The van der Waals surface area contributed by atoms with Crippen LogP contribution in [0.5, 0.6) is 17.2 Å². The van der Waals surface area contributed by atoms with Crippen molar-refractivity contribution in [3.8, 4) is 17.2 Å². The first-order valence-corrected chi connectivity index (χ1v) is 22.7. The van der Waals surface area contributed by atoms with E-state index in [0.29, 0.717) is 83.1 Å². The highest BCUT2D eigenvalue weighted by Gasteiger charge is 2.34. The van der Waals surface area contributed by atoms with Gasteiger partial charge in [0.2, 0.25) is 0 Å². The molecule has 2 heterocycles. The first kappa shape index (κ1) is 43.4. The maximum absolute atomic E-state index is 14.9. The average Bonchev–Trinajstić information content (AvgIpc) is 3.71. The Morgan fingerprint density at radius 3 is 1.44 bits per heavy atom. The molecule has 10 bridgehead atoms. The van der Waals surface area contributed by atoms with Crippen molar-refractivity contribution in [1.29, 1.82) is 0 Å². The van der Waals surface area contributed by atoms with Crippen LogP contribution in [0.3, 0.4) is 0 Å². The predicted molar refractivity (Wildman–Crippen MR) is 248 cm³/mol. The topological polar surface area (TPSA) is 80.3 Å². The van der Waals surface area contributed by atoms with Crippen molar-refractivity contribution in [3.05, 3.63) is 156 Å². The summed E-state index contributed by atoms with van der Waals surface area (Å²) in [6.07, 6.45) is 10.3. The number of ether oxygens (including phenoxy) is 5. The second-order valence-electron chi connectivity index (χ2n) is 18.5. The molecule has 0 atom stereocenters. The maximum atomic E-state index is 14.9. The van der Waals surface area contributed by atoms with E-state index in [2.05, 4.69) is 133 Å². The molecule has 0 amide bonds. The molecule has 0 N–H and O–H groups in total. The van der Waals surface area contributed by atoms with Crippen LogP contribution in [0.1, 0.15) is 81.8 Å². The number of hydrogen-bond donors (Lipinski definition) is 0. The number of thiophene rings is 1. The van der Waals surface area contributed by atoms with E-state index in [0.717, 1.165) is 82.0 Å². The molecule has 3 aliphatic carbocycles. The third-order valence-corrected chi connectivity index (χ3v) is 12.9. The summed E-state index contributed by atoms with van der Waals surface area (Å²) in [6, 6.07) is 23.3. The highest BCUT2D eigenvalue weighted by atomic mass is 32.1. The van der Waals surface area contributed by atoms with Crippen LogP contribution in [-0.4, -0.2) is 57.8 Å². The monoisotopic (exact) mass is 850 g/mol. The second kappa shape index (κ2) is 18.2. The predicted octanol–water partition coefficient (Wildman–Crippen LogP) is 9.20. The van der Waals surface area contributed by atoms with Gasteiger partial charge in [-0.2, -0.15) is 0 Å². The van der Waals surface area contributed by atoms with Gasteiger partial charge in [-0.25, -0.2) is 0 Å². The quantitative estimate of drug-likeness (QED) is 0.199. The third kappa shape index (κ3) is 9.68. The van der Waals surface area contributed by atoms with Crippen molar-refractivity contribution >= 4 is 34.0 Å². The van der Waals surface area contributed by atoms with Gasteiger partial charge in [-0.3, -0.25) is 9.59 Å². The lowest BCUT2D eigenvalue weighted by molar-refractivity contribution is -0.114. The fourth-order valence-electron chi connectivity index (χ4n) is 8.66. The molecule has 0 spiro atoms. The maximum Gasteiger partial charge on any atom is 0.186 e. The second-order valence-corrected chi connectivity index (χ2v) is 19.6. The average molecular weight is 851 g/mol. The molecule has 0 fully saturated rings. The molecule has 8 heteroatoms. The lowest BCUT2D eigenvalue weighted by Gasteiger charge is -2.31. The summed E-state index contributed by atoms with van der Waals surface area (Å²) in [5, 5.41) is 0. The van der Waals surface area contributed by atoms with Gasteiger partial charge >= 0.3 is 0 Å². The zero-order valence-electron chi connectivity index (χ0n) is 37.2. The van der Waals surface area contributed by atoms with Crippen LogP contribution in [-0.2, 0) is 44.7 Å². The Kier molecular flexibility index (Phi) is 12.7. The van der Waals surface area contributed by atoms with Gasteiger partial charge in [0.15, 0.2) is 11.6 Å². The summed E-state index contributed by atoms with van der Waals surface area (Å²) in [7, 11) is 0. The van der Waals surface area contributed by atoms with Crippen LogP contribution in [0.2, 0.25) is 0 Å². The van der Waals surface area contributed by atoms with E-state index in [-0.39, 0.29) is 22.4 Å². The largest absolute Gasteiger partial charge is 0.494 e. The van der Waals surface area contributed by atoms with Gasteiger partial charge in [-0.05, 0) is 111 Å². The van der Waals surface area contributed by atoms with E-state index >= 15 is 0 Å². The van der Waals surface area contributed by atoms with Crippen molar-refractivity contribution < 1.29 is 33.3 Å². The number of carbonyl (C=O) groups is 2. The zero-order chi connectivity index (χ0) is 43.6. The van der Waals surface area contributed by atoms with E-state index < -0.39 is 0 Å². The van der Waals surface area contributed by atoms with Crippen LogP contribution >= 0.6 is 11.3 Å². The highest BCUT2D eigenvalue weighted by molar-refractivity contribution is 7.08. The number of benzene rings is 3. The first-order chi connectivity index (χ1) is 29.7. The van der Waals surface area contributed by atoms with Crippen molar-refractivity contribution in [1.82, 2.24) is 0 Å². The number of ketones is 2. The van der Waals surface area contributed by atoms with Crippen molar-refractivity contribution in [2.24, 2.45) is 10.8 Å². The number of para-hydroxylation sites is 2. The summed E-state index contributed by atoms with van der Waals surface area (Å²) in [4.78, 5) is 28.7. The number of hydrogen-bond acceptors (Lipinski definition) is 8. The minimum atomic E-state index is -0.314. The lowest BCUT2D eigenvalue weighted by atomic mass is 9.72. The Bertz CT molecular complexity index is 2510. The fraction of sp³-hybridized carbons (Fsp3) is 0.370. The molecule has 0 radical (unpaired) electrons. The number of carbonyl (C=O) groups excluding carboxylic acids is 2. The number of allylic oxidation sites excluding steroid dienone is 8. The standard InChI is InChI=1S/C54H58O7S/c1-8-59-44-26-34-23-35(27-44)25-37-12-10-14-39-29-43-31-40(47-15-16-48(62-47)41-32-45(53(2,3)4)50(56)46(33-41)54(5,6)7)30-42(49(43)55)28-38-13-9-11-36(24-34)51(38)60-21-19-57-17-18-58-20-22-61-52(37)39/h9-16,23,26-27,30-33H,8,17-22,24-25,28-29H2,1-7H3. The molecular weight excluding hydrogens is 793 g/mol. The van der Waals surface area contributed by atoms with Crippen LogP contribution in [0.15, 0.2) is 113 Å². The highest BCUT2D eigenvalue weighted by Crippen LogP contribution is 2.40. The van der Waals surface area contributed by atoms with Gasteiger partial charge in [0, 0.05) is 57.0 Å². The summed E-state index contributed by atoms with van der Waals surface area (Å²) in [6.45, 7) is 17.6. The van der Waals surface area contributed by atoms with E-state index in [9.17, 15) is 9.59 Å². The summed E-state index contributed by atoms with van der Waals surface area (Å²) in [5.74, 6) is 2.51. The molecule has 0 saturated heterocycles.